The first-order valence-corrected chi connectivity index (χ1v) is 19.1. The quantitative estimate of drug-likeness (QED) is 0.169. The fourth-order valence-electron chi connectivity index (χ4n) is 6.58. The maximum atomic E-state index is 2.27. The van der Waals surface area contributed by atoms with Crippen molar-refractivity contribution in [3.8, 4) is 22.3 Å². The van der Waals surface area contributed by atoms with Crippen molar-refractivity contribution in [2.75, 3.05) is 0 Å². The van der Waals surface area contributed by atoms with E-state index in [0.717, 1.165) is 6.42 Å². The van der Waals surface area contributed by atoms with Crippen molar-refractivity contribution in [1.82, 2.24) is 0 Å². The third kappa shape index (κ3) is 10.9. The predicted molar refractivity (Wildman–Crippen MR) is 233 cm³/mol. The maximum absolute atomic E-state index is 2.27. The van der Waals surface area contributed by atoms with Crippen LogP contribution in [0.25, 0.3) is 38.6 Å². The Morgan fingerprint density at radius 1 is 0.434 bits per heavy atom. The lowest BCUT2D eigenvalue weighted by molar-refractivity contribution is 0.967. The van der Waals surface area contributed by atoms with E-state index in [9.17, 15) is 0 Å². The van der Waals surface area contributed by atoms with E-state index in [0.29, 0.717) is 0 Å². The summed E-state index contributed by atoms with van der Waals surface area (Å²) in [5, 5.41) is 2.62. The highest BCUT2D eigenvalue weighted by atomic mass is 14.1. The Balaban J connectivity index is 0.000000152. The Morgan fingerprint density at radius 3 is 1.58 bits per heavy atom. The molecule has 1 aliphatic carbocycles. The minimum atomic E-state index is 0.995. The smallest absolute Gasteiger partial charge is 0.00258 e. The zero-order valence-corrected chi connectivity index (χ0v) is 32.4. The zero-order chi connectivity index (χ0) is 37.4. The van der Waals surface area contributed by atoms with Gasteiger partial charge < -0.3 is 0 Å². The lowest BCUT2D eigenvalue weighted by atomic mass is 9.91. The van der Waals surface area contributed by atoms with Gasteiger partial charge in [0.2, 0.25) is 0 Å². The van der Waals surface area contributed by atoms with Crippen molar-refractivity contribution in [3.05, 3.63) is 221 Å². The molecule has 7 aromatic rings. The van der Waals surface area contributed by atoms with Crippen molar-refractivity contribution in [1.29, 1.82) is 0 Å². The van der Waals surface area contributed by atoms with E-state index in [4.69, 9.17) is 0 Å². The average molecular weight is 691 g/mol. The molecule has 0 saturated carbocycles. The third-order valence-corrected chi connectivity index (χ3v) is 9.61. The van der Waals surface area contributed by atoms with E-state index in [1.807, 2.05) is 13.8 Å². The van der Waals surface area contributed by atoms with Gasteiger partial charge in [0.1, 0.15) is 0 Å². The van der Waals surface area contributed by atoms with Crippen molar-refractivity contribution in [2.45, 2.75) is 60.8 Å². The molecule has 0 bridgehead atoms. The summed E-state index contributed by atoms with van der Waals surface area (Å²) >= 11 is 0. The lowest BCUT2D eigenvalue weighted by Gasteiger charge is -2.14. The Kier molecular flexibility index (Phi) is 14.4. The second-order valence-corrected chi connectivity index (χ2v) is 13.6. The molecule has 0 aromatic heterocycles. The standard InChI is InChI=1S/C20H18.C17H14.C14H16.C2H6/c1-16-7-11-19(12-8-16)20-13-9-18(10-14-20)15-17-5-3-2-4-6-17;1-13-9-11-15(12-10-13)17-8-4-6-14-5-2-3-7-16(14)17;1-11-7-3-5-9-13(11)14-10-6-4-8-12(14)2;1-2/h2-14H,15H2,1H3;2-12H,1H3;3,5-7,9-10H,4,8H2,1-2H3;1-2H3. The molecule has 0 heteroatoms. The molecule has 0 atom stereocenters. The summed E-state index contributed by atoms with van der Waals surface area (Å²) in [5.41, 5.74) is 16.2. The Bertz CT molecular complexity index is 2210. The number of hydrogen-bond acceptors (Lipinski definition) is 0. The molecule has 0 radical (unpaired) electrons. The fourth-order valence-corrected chi connectivity index (χ4v) is 6.58. The molecule has 0 N–H and O–H groups in total. The molecule has 266 valence electrons. The Hall–Kier alpha value is -5.72. The largest absolute Gasteiger partial charge is 0.0836 e. The van der Waals surface area contributed by atoms with Gasteiger partial charge in [-0.1, -0.05) is 213 Å². The highest BCUT2D eigenvalue weighted by molar-refractivity contribution is 5.96. The first kappa shape index (κ1) is 38.5. The number of fused-ring (bicyclic) bond motifs is 1. The third-order valence-electron chi connectivity index (χ3n) is 9.61. The number of benzene rings is 7. The molecule has 0 nitrogen and oxygen atoms in total. The number of allylic oxidation sites excluding steroid dienone is 4. The summed E-state index contributed by atoms with van der Waals surface area (Å²) in [4.78, 5) is 0. The Morgan fingerprint density at radius 2 is 0.943 bits per heavy atom. The van der Waals surface area contributed by atoms with Gasteiger partial charge in [0.05, 0.1) is 0 Å². The van der Waals surface area contributed by atoms with Gasteiger partial charge in [0.15, 0.2) is 0 Å². The topological polar surface area (TPSA) is 0 Å². The van der Waals surface area contributed by atoms with E-state index < -0.39 is 0 Å². The number of hydrogen-bond donors (Lipinski definition) is 0. The van der Waals surface area contributed by atoms with Gasteiger partial charge in [-0.25, -0.2) is 0 Å². The van der Waals surface area contributed by atoms with Crippen molar-refractivity contribution in [2.24, 2.45) is 0 Å². The second kappa shape index (κ2) is 19.8. The predicted octanol–water partition coefficient (Wildman–Crippen LogP) is 15.2. The molecular weight excluding hydrogens is 637 g/mol. The van der Waals surface area contributed by atoms with Crippen LogP contribution in [0.4, 0.5) is 0 Å². The van der Waals surface area contributed by atoms with Gasteiger partial charge in [0, 0.05) is 0 Å². The molecule has 0 fully saturated rings. The number of rotatable bonds is 5. The van der Waals surface area contributed by atoms with Crippen LogP contribution in [0.2, 0.25) is 0 Å². The first-order valence-electron chi connectivity index (χ1n) is 19.1. The summed E-state index contributed by atoms with van der Waals surface area (Å²) in [6.07, 6.45) is 7.94. The van der Waals surface area contributed by atoms with E-state index >= 15 is 0 Å². The van der Waals surface area contributed by atoms with Crippen LogP contribution in [-0.4, -0.2) is 0 Å². The molecule has 0 unspecified atom stereocenters. The van der Waals surface area contributed by atoms with Crippen LogP contribution in [0, 0.1) is 20.8 Å². The van der Waals surface area contributed by atoms with Crippen molar-refractivity contribution >= 4 is 16.3 Å². The minimum absolute atomic E-state index is 0.995. The van der Waals surface area contributed by atoms with Gasteiger partial charge in [-0.3, -0.25) is 0 Å². The molecule has 0 spiro atoms. The summed E-state index contributed by atoms with van der Waals surface area (Å²) in [6.45, 7) is 12.7. The van der Waals surface area contributed by atoms with Gasteiger partial charge in [0.25, 0.3) is 0 Å². The lowest BCUT2D eigenvalue weighted by Crippen LogP contribution is -1.93. The molecule has 0 heterocycles. The molecule has 53 heavy (non-hydrogen) atoms. The van der Waals surface area contributed by atoms with Crippen LogP contribution in [0.1, 0.15) is 67.0 Å². The second-order valence-electron chi connectivity index (χ2n) is 13.6. The highest BCUT2D eigenvalue weighted by Crippen LogP contribution is 2.30. The van der Waals surface area contributed by atoms with Gasteiger partial charge >= 0.3 is 0 Å². The van der Waals surface area contributed by atoms with Crippen LogP contribution in [0.15, 0.2) is 188 Å². The van der Waals surface area contributed by atoms with Gasteiger partial charge in [-0.05, 0) is 108 Å². The van der Waals surface area contributed by atoms with Gasteiger partial charge in [-0.2, -0.15) is 0 Å². The van der Waals surface area contributed by atoms with E-state index in [1.54, 1.807) is 0 Å². The molecular formula is C53H54. The SMILES string of the molecule is CC.CC1=C(c2ccccc2C)C=CCC1.Cc1ccc(-c2ccc(Cc3ccccc3)cc2)cc1.Cc1ccc(-c2cccc3ccccc23)cc1. The molecule has 0 saturated heterocycles. The van der Waals surface area contributed by atoms with Crippen LogP contribution in [0.5, 0.6) is 0 Å². The minimum Gasteiger partial charge on any atom is -0.0836 e. The van der Waals surface area contributed by atoms with E-state index in [1.165, 1.54) is 90.4 Å². The highest BCUT2D eigenvalue weighted by Gasteiger charge is 2.08. The normalized spacial score (nSPS) is 11.7. The molecule has 0 amide bonds. The van der Waals surface area contributed by atoms with Crippen LogP contribution in [0.3, 0.4) is 0 Å². The monoisotopic (exact) mass is 690 g/mol. The molecule has 1 aliphatic rings. The van der Waals surface area contributed by atoms with Crippen LogP contribution in [-0.2, 0) is 6.42 Å². The van der Waals surface area contributed by atoms with Crippen molar-refractivity contribution in [3.63, 3.8) is 0 Å². The fraction of sp³-hybridized carbons (Fsp3) is 0.170. The molecule has 8 rings (SSSR count). The van der Waals surface area contributed by atoms with Gasteiger partial charge in [-0.15, -0.1) is 0 Å². The Labute approximate surface area is 319 Å². The summed E-state index contributed by atoms with van der Waals surface area (Å²) in [6, 6.07) is 60.5. The summed E-state index contributed by atoms with van der Waals surface area (Å²) in [7, 11) is 0. The van der Waals surface area contributed by atoms with E-state index in [2.05, 4.69) is 210 Å². The zero-order valence-electron chi connectivity index (χ0n) is 32.4. The van der Waals surface area contributed by atoms with Crippen LogP contribution >= 0.6 is 0 Å². The number of aryl methyl sites for hydroxylation is 3. The summed E-state index contributed by atoms with van der Waals surface area (Å²) < 4.78 is 0. The first-order chi connectivity index (χ1) is 25.9. The van der Waals surface area contributed by atoms with Crippen molar-refractivity contribution < 1.29 is 0 Å². The molecule has 0 aliphatic heterocycles. The maximum Gasteiger partial charge on any atom is -0.00258 e. The average Bonchev–Trinajstić information content (AvgIpc) is 3.21. The van der Waals surface area contributed by atoms with E-state index in [-0.39, 0.29) is 0 Å². The summed E-state index contributed by atoms with van der Waals surface area (Å²) in [5.74, 6) is 0. The van der Waals surface area contributed by atoms with Crippen LogP contribution < -0.4 is 0 Å². The molecule has 7 aromatic carbocycles.